The Hall–Kier alpha value is -0.820. The lowest BCUT2D eigenvalue weighted by Crippen LogP contribution is -2.03. The van der Waals surface area contributed by atoms with E-state index in [0.717, 1.165) is 6.04 Å². The molecular formula is C10H11N. The van der Waals surface area contributed by atoms with Gasteiger partial charge in [-0.3, -0.25) is 0 Å². The van der Waals surface area contributed by atoms with Crippen molar-refractivity contribution in [2.45, 2.75) is 24.9 Å². The van der Waals surface area contributed by atoms with Gasteiger partial charge in [-0.25, -0.2) is 0 Å². The van der Waals surface area contributed by atoms with Gasteiger partial charge in [0.1, 0.15) is 0 Å². The molecule has 0 unspecified atom stereocenters. The molecular weight excluding hydrogens is 134 g/mol. The Bertz CT molecular complexity index is 293. The van der Waals surface area contributed by atoms with Crippen molar-refractivity contribution < 1.29 is 0 Å². The number of benzene rings is 1. The summed E-state index contributed by atoms with van der Waals surface area (Å²) in [4.78, 5) is 0. The SMILES string of the molecule is c1ccc2c(c1)CC[C@@H]1N[C@H]21. The van der Waals surface area contributed by atoms with Crippen molar-refractivity contribution in [1.82, 2.24) is 5.32 Å². The van der Waals surface area contributed by atoms with Crippen LogP contribution >= 0.6 is 0 Å². The molecule has 2 aliphatic rings. The minimum absolute atomic E-state index is 0.708. The van der Waals surface area contributed by atoms with E-state index in [9.17, 15) is 0 Å². The lowest BCUT2D eigenvalue weighted by Gasteiger charge is -2.11. The number of hydrogen-bond acceptors (Lipinski definition) is 1. The van der Waals surface area contributed by atoms with Crippen LogP contribution in [0.1, 0.15) is 23.6 Å². The van der Waals surface area contributed by atoms with Gasteiger partial charge in [0, 0.05) is 12.1 Å². The molecule has 0 saturated carbocycles. The van der Waals surface area contributed by atoms with Crippen molar-refractivity contribution in [1.29, 1.82) is 0 Å². The number of rotatable bonds is 0. The van der Waals surface area contributed by atoms with Crippen LogP contribution in [-0.4, -0.2) is 6.04 Å². The summed E-state index contributed by atoms with van der Waals surface area (Å²) < 4.78 is 0. The fourth-order valence-electron chi connectivity index (χ4n) is 2.11. The first-order valence-electron chi connectivity index (χ1n) is 4.29. The van der Waals surface area contributed by atoms with E-state index in [1.807, 2.05) is 0 Å². The van der Waals surface area contributed by atoms with Crippen molar-refractivity contribution in [3.05, 3.63) is 35.4 Å². The lowest BCUT2D eigenvalue weighted by molar-refractivity contribution is 0.745. The first-order valence-corrected chi connectivity index (χ1v) is 4.29. The molecule has 1 aromatic carbocycles. The van der Waals surface area contributed by atoms with E-state index < -0.39 is 0 Å². The zero-order valence-electron chi connectivity index (χ0n) is 6.38. The molecule has 0 amide bonds. The summed E-state index contributed by atoms with van der Waals surface area (Å²) in [6, 6.07) is 10.3. The molecule has 1 aliphatic carbocycles. The summed E-state index contributed by atoms with van der Waals surface area (Å²) in [7, 11) is 0. The van der Waals surface area contributed by atoms with E-state index in [4.69, 9.17) is 0 Å². The highest BCUT2D eigenvalue weighted by Gasteiger charge is 2.40. The predicted octanol–water partition coefficient (Wildman–Crippen LogP) is 1.65. The fourth-order valence-corrected chi connectivity index (χ4v) is 2.11. The molecule has 0 radical (unpaired) electrons. The largest absolute Gasteiger partial charge is 0.304 e. The van der Waals surface area contributed by atoms with Gasteiger partial charge in [0.2, 0.25) is 0 Å². The van der Waals surface area contributed by atoms with Crippen molar-refractivity contribution in [2.24, 2.45) is 0 Å². The Kier molecular flexibility index (Phi) is 0.977. The molecule has 3 rings (SSSR count). The van der Waals surface area contributed by atoms with Gasteiger partial charge in [0.15, 0.2) is 0 Å². The van der Waals surface area contributed by atoms with E-state index in [1.165, 1.54) is 12.8 Å². The van der Waals surface area contributed by atoms with E-state index in [2.05, 4.69) is 29.6 Å². The second kappa shape index (κ2) is 1.86. The Morgan fingerprint density at radius 3 is 3.18 bits per heavy atom. The standard InChI is InChI=1S/C10H11N/c1-2-4-8-7(3-1)5-6-9-10(8)11-9/h1-4,9-11H,5-6H2/t9-,10+/m0/s1. The van der Waals surface area contributed by atoms with Gasteiger partial charge < -0.3 is 5.32 Å². The molecule has 0 bridgehead atoms. The molecule has 1 N–H and O–H groups in total. The Labute approximate surface area is 66.4 Å². The van der Waals surface area contributed by atoms with Crippen molar-refractivity contribution >= 4 is 0 Å². The highest BCUT2D eigenvalue weighted by molar-refractivity contribution is 5.37. The van der Waals surface area contributed by atoms with Crippen LogP contribution in [-0.2, 0) is 6.42 Å². The van der Waals surface area contributed by atoms with Gasteiger partial charge >= 0.3 is 0 Å². The Balaban J connectivity index is 2.14. The average Bonchev–Trinajstić information content (AvgIpc) is 2.83. The Morgan fingerprint density at radius 1 is 1.27 bits per heavy atom. The third kappa shape index (κ3) is 0.746. The average molecular weight is 145 g/mol. The second-order valence-electron chi connectivity index (χ2n) is 3.49. The van der Waals surface area contributed by atoms with Gasteiger partial charge in [-0.05, 0) is 24.0 Å². The molecule has 1 heteroatoms. The molecule has 1 aromatic rings. The summed E-state index contributed by atoms with van der Waals surface area (Å²) in [5.41, 5.74) is 3.10. The van der Waals surface area contributed by atoms with E-state index in [0.29, 0.717) is 6.04 Å². The topological polar surface area (TPSA) is 21.9 Å². The molecule has 0 spiro atoms. The third-order valence-corrected chi connectivity index (χ3v) is 2.80. The lowest BCUT2D eigenvalue weighted by atomic mass is 9.92. The minimum Gasteiger partial charge on any atom is -0.304 e. The van der Waals surface area contributed by atoms with Crippen LogP contribution in [0.2, 0.25) is 0 Å². The molecule has 1 heterocycles. The molecule has 1 fully saturated rings. The molecule has 0 aromatic heterocycles. The maximum absolute atomic E-state index is 3.49. The first-order chi connectivity index (χ1) is 5.45. The highest BCUT2D eigenvalue weighted by Crippen LogP contribution is 2.39. The maximum atomic E-state index is 3.49. The third-order valence-electron chi connectivity index (χ3n) is 2.80. The van der Waals surface area contributed by atoms with Gasteiger partial charge in [-0.15, -0.1) is 0 Å². The number of aryl methyl sites for hydroxylation is 1. The van der Waals surface area contributed by atoms with Crippen LogP contribution in [0.15, 0.2) is 24.3 Å². The van der Waals surface area contributed by atoms with Gasteiger partial charge in [-0.1, -0.05) is 24.3 Å². The molecule has 1 saturated heterocycles. The summed E-state index contributed by atoms with van der Waals surface area (Å²) in [5, 5.41) is 3.49. The monoisotopic (exact) mass is 145 g/mol. The number of hydrogen-bond donors (Lipinski definition) is 1. The molecule has 1 nitrogen and oxygen atoms in total. The van der Waals surface area contributed by atoms with Crippen molar-refractivity contribution in [2.75, 3.05) is 0 Å². The smallest absolute Gasteiger partial charge is 0.0481 e. The van der Waals surface area contributed by atoms with Gasteiger partial charge in [0.25, 0.3) is 0 Å². The Morgan fingerprint density at radius 2 is 2.18 bits per heavy atom. The number of nitrogens with one attached hydrogen (secondary N) is 1. The van der Waals surface area contributed by atoms with Crippen LogP contribution in [0.4, 0.5) is 0 Å². The molecule has 2 atom stereocenters. The van der Waals surface area contributed by atoms with Crippen LogP contribution < -0.4 is 5.32 Å². The van der Waals surface area contributed by atoms with E-state index in [1.54, 1.807) is 11.1 Å². The first kappa shape index (κ1) is 5.78. The van der Waals surface area contributed by atoms with Crippen LogP contribution in [0.3, 0.4) is 0 Å². The zero-order valence-corrected chi connectivity index (χ0v) is 6.38. The summed E-state index contributed by atoms with van der Waals surface area (Å²) in [6.07, 6.45) is 2.60. The quantitative estimate of drug-likeness (QED) is 0.551. The van der Waals surface area contributed by atoms with E-state index in [-0.39, 0.29) is 0 Å². The summed E-state index contributed by atoms with van der Waals surface area (Å²) in [5.74, 6) is 0. The minimum atomic E-state index is 0.708. The van der Waals surface area contributed by atoms with Crippen molar-refractivity contribution in [3.8, 4) is 0 Å². The summed E-state index contributed by atoms with van der Waals surface area (Å²) in [6.45, 7) is 0. The summed E-state index contributed by atoms with van der Waals surface area (Å²) >= 11 is 0. The van der Waals surface area contributed by atoms with Crippen molar-refractivity contribution in [3.63, 3.8) is 0 Å². The van der Waals surface area contributed by atoms with Crippen LogP contribution in [0.25, 0.3) is 0 Å². The number of fused-ring (bicyclic) bond motifs is 3. The van der Waals surface area contributed by atoms with Gasteiger partial charge in [-0.2, -0.15) is 0 Å². The highest BCUT2D eigenvalue weighted by atomic mass is 15.1. The van der Waals surface area contributed by atoms with E-state index >= 15 is 0 Å². The predicted molar refractivity (Wildman–Crippen MR) is 44.4 cm³/mol. The maximum Gasteiger partial charge on any atom is 0.0481 e. The van der Waals surface area contributed by atoms with Gasteiger partial charge in [0.05, 0.1) is 0 Å². The molecule has 56 valence electrons. The second-order valence-corrected chi connectivity index (χ2v) is 3.49. The fraction of sp³-hybridized carbons (Fsp3) is 0.400. The van der Waals surface area contributed by atoms with Crippen LogP contribution in [0.5, 0.6) is 0 Å². The zero-order chi connectivity index (χ0) is 7.26. The molecule has 11 heavy (non-hydrogen) atoms. The van der Waals surface area contributed by atoms with Crippen LogP contribution in [0, 0.1) is 0 Å². The normalized spacial score (nSPS) is 32.4. The molecule has 1 aliphatic heterocycles.